The molecule has 0 aliphatic carbocycles. The number of para-hydroxylation sites is 1. The highest BCUT2D eigenvalue weighted by Gasteiger charge is 2.02. The zero-order valence-electron chi connectivity index (χ0n) is 10.3. The second-order valence-corrected chi connectivity index (χ2v) is 4.04. The van der Waals surface area contributed by atoms with Gasteiger partial charge in [0.2, 0.25) is 5.88 Å². The molecule has 0 atom stereocenters. The Balaban J connectivity index is 1.69. The second-order valence-electron chi connectivity index (χ2n) is 4.04. The van der Waals surface area contributed by atoms with Gasteiger partial charge in [-0.25, -0.2) is 9.67 Å². The molecular weight excluding hydrogens is 238 g/mol. The van der Waals surface area contributed by atoms with Crippen LogP contribution in [-0.4, -0.2) is 14.8 Å². The molecule has 2 heterocycles. The highest BCUT2D eigenvalue weighted by Crippen LogP contribution is 2.09. The number of hydrogen-bond donors (Lipinski definition) is 0. The third-order valence-electron chi connectivity index (χ3n) is 2.67. The van der Waals surface area contributed by atoms with Gasteiger partial charge >= 0.3 is 0 Å². The molecule has 0 saturated carbocycles. The summed E-state index contributed by atoms with van der Waals surface area (Å²) in [5, 5.41) is 4.46. The van der Waals surface area contributed by atoms with Crippen LogP contribution >= 0.6 is 0 Å². The molecule has 0 aliphatic rings. The van der Waals surface area contributed by atoms with Crippen LogP contribution in [0.3, 0.4) is 0 Å². The maximum atomic E-state index is 5.55. The number of nitrogens with zero attached hydrogens (tertiary/aromatic N) is 3. The molecule has 0 bridgehead atoms. The molecule has 0 aliphatic heterocycles. The van der Waals surface area contributed by atoms with Crippen LogP contribution in [0, 0.1) is 0 Å². The van der Waals surface area contributed by atoms with E-state index < -0.39 is 0 Å². The molecule has 2 aromatic heterocycles. The highest BCUT2D eigenvalue weighted by molar-refractivity contribution is 5.30. The van der Waals surface area contributed by atoms with E-state index in [1.807, 2.05) is 65.5 Å². The minimum absolute atomic E-state index is 0.414. The molecule has 0 fully saturated rings. The summed E-state index contributed by atoms with van der Waals surface area (Å²) < 4.78 is 7.38. The van der Waals surface area contributed by atoms with Crippen molar-refractivity contribution in [3.05, 3.63) is 72.7 Å². The van der Waals surface area contributed by atoms with Gasteiger partial charge in [0.05, 0.1) is 5.69 Å². The smallest absolute Gasteiger partial charge is 0.213 e. The van der Waals surface area contributed by atoms with E-state index >= 15 is 0 Å². The van der Waals surface area contributed by atoms with Crippen molar-refractivity contribution >= 4 is 0 Å². The molecule has 0 radical (unpaired) electrons. The number of aromatic nitrogens is 3. The molecule has 4 heteroatoms. The second kappa shape index (κ2) is 5.35. The number of ether oxygens (including phenoxy) is 1. The van der Waals surface area contributed by atoms with Crippen molar-refractivity contribution in [3.63, 3.8) is 0 Å². The summed E-state index contributed by atoms with van der Waals surface area (Å²) in [6.45, 7) is 0.414. The van der Waals surface area contributed by atoms with Gasteiger partial charge in [-0.05, 0) is 24.3 Å². The van der Waals surface area contributed by atoms with E-state index in [1.165, 1.54) is 0 Å². The van der Waals surface area contributed by atoms with E-state index in [1.54, 1.807) is 6.20 Å². The first kappa shape index (κ1) is 11.5. The van der Waals surface area contributed by atoms with Crippen LogP contribution in [0.2, 0.25) is 0 Å². The van der Waals surface area contributed by atoms with Crippen LogP contribution in [0.4, 0.5) is 0 Å². The maximum Gasteiger partial charge on any atom is 0.213 e. The highest BCUT2D eigenvalue weighted by atomic mass is 16.5. The molecule has 19 heavy (non-hydrogen) atoms. The molecule has 0 spiro atoms. The van der Waals surface area contributed by atoms with Crippen molar-refractivity contribution in [2.24, 2.45) is 0 Å². The average molecular weight is 251 g/mol. The summed E-state index contributed by atoms with van der Waals surface area (Å²) in [5.74, 6) is 0.608. The lowest BCUT2D eigenvalue weighted by molar-refractivity contribution is 0.288. The third kappa shape index (κ3) is 2.80. The van der Waals surface area contributed by atoms with Crippen molar-refractivity contribution < 1.29 is 4.74 Å². The maximum absolute atomic E-state index is 5.55. The summed E-state index contributed by atoms with van der Waals surface area (Å²) in [6.07, 6.45) is 3.63. The lowest BCUT2D eigenvalue weighted by Crippen LogP contribution is -2.00. The predicted octanol–water partition coefficient (Wildman–Crippen LogP) is 2.85. The van der Waals surface area contributed by atoms with E-state index in [0.29, 0.717) is 12.5 Å². The van der Waals surface area contributed by atoms with Crippen molar-refractivity contribution in [1.82, 2.24) is 14.8 Å². The summed E-state index contributed by atoms with van der Waals surface area (Å²) in [6, 6.07) is 17.5. The summed E-state index contributed by atoms with van der Waals surface area (Å²) >= 11 is 0. The van der Waals surface area contributed by atoms with Crippen molar-refractivity contribution in [2.75, 3.05) is 0 Å². The Hall–Kier alpha value is -2.62. The van der Waals surface area contributed by atoms with Gasteiger partial charge in [0.25, 0.3) is 0 Å². The first-order valence-electron chi connectivity index (χ1n) is 6.05. The van der Waals surface area contributed by atoms with Crippen molar-refractivity contribution in [1.29, 1.82) is 0 Å². The molecule has 4 nitrogen and oxygen atoms in total. The van der Waals surface area contributed by atoms with Crippen LogP contribution in [0.15, 0.2) is 67.0 Å². The Kier molecular flexibility index (Phi) is 3.23. The molecule has 0 saturated heterocycles. The molecule has 3 rings (SSSR count). The minimum atomic E-state index is 0.414. The minimum Gasteiger partial charge on any atom is -0.471 e. The Morgan fingerprint density at radius 3 is 2.58 bits per heavy atom. The van der Waals surface area contributed by atoms with Crippen LogP contribution in [0.25, 0.3) is 5.69 Å². The Morgan fingerprint density at radius 1 is 0.947 bits per heavy atom. The van der Waals surface area contributed by atoms with Gasteiger partial charge in [0, 0.05) is 18.5 Å². The van der Waals surface area contributed by atoms with E-state index in [-0.39, 0.29) is 0 Å². The van der Waals surface area contributed by atoms with Gasteiger partial charge in [-0.1, -0.05) is 24.3 Å². The van der Waals surface area contributed by atoms with Crippen molar-refractivity contribution in [3.8, 4) is 11.6 Å². The first-order valence-corrected chi connectivity index (χ1v) is 6.05. The fourth-order valence-electron chi connectivity index (χ4n) is 1.74. The molecule has 94 valence electrons. The molecule has 3 aromatic rings. The first-order chi connectivity index (χ1) is 9.42. The van der Waals surface area contributed by atoms with Crippen LogP contribution in [0.5, 0.6) is 5.88 Å². The van der Waals surface area contributed by atoms with Gasteiger partial charge < -0.3 is 4.74 Å². The fraction of sp³-hybridized carbons (Fsp3) is 0.0667. The number of benzene rings is 1. The van der Waals surface area contributed by atoms with Crippen LogP contribution in [-0.2, 0) is 6.61 Å². The monoisotopic (exact) mass is 251 g/mol. The van der Waals surface area contributed by atoms with E-state index in [2.05, 4.69) is 10.1 Å². The summed E-state index contributed by atoms with van der Waals surface area (Å²) in [4.78, 5) is 4.10. The molecule has 0 N–H and O–H groups in total. The van der Waals surface area contributed by atoms with Gasteiger partial charge in [-0.15, -0.1) is 0 Å². The van der Waals surface area contributed by atoms with Crippen LogP contribution < -0.4 is 4.74 Å². The zero-order valence-corrected chi connectivity index (χ0v) is 10.3. The fourth-order valence-corrected chi connectivity index (χ4v) is 1.74. The standard InChI is InChI=1S/C15H13N3O/c1-2-6-14(7-3-1)18-11-9-13(17-18)12-19-15-8-4-5-10-16-15/h1-11H,12H2. The predicted molar refractivity (Wildman–Crippen MR) is 72.1 cm³/mol. The van der Waals surface area contributed by atoms with E-state index in [0.717, 1.165) is 11.4 Å². The molecular formula is C15H13N3O. The summed E-state index contributed by atoms with van der Waals surface area (Å²) in [7, 11) is 0. The molecule has 1 aromatic carbocycles. The van der Waals surface area contributed by atoms with Gasteiger partial charge in [-0.3, -0.25) is 0 Å². The van der Waals surface area contributed by atoms with Crippen molar-refractivity contribution in [2.45, 2.75) is 6.61 Å². The topological polar surface area (TPSA) is 39.9 Å². The Bertz CT molecular complexity index is 635. The lowest BCUT2D eigenvalue weighted by atomic mass is 10.3. The Morgan fingerprint density at radius 2 is 1.79 bits per heavy atom. The lowest BCUT2D eigenvalue weighted by Gasteiger charge is -2.02. The number of hydrogen-bond acceptors (Lipinski definition) is 3. The number of pyridine rings is 1. The van der Waals surface area contributed by atoms with E-state index in [9.17, 15) is 0 Å². The number of rotatable bonds is 4. The molecule has 0 unspecified atom stereocenters. The van der Waals surface area contributed by atoms with E-state index in [4.69, 9.17) is 4.74 Å². The average Bonchev–Trinajstić information content (AvgIpc) is 2.96. The quantitative estimate of drug-likeness (QED) is 0.715. The van der Waals surface area contributed by atoms with Gasteiger partial charge in [0.15, 0.2) is 0 Å². The van der Waals surface area contributed by atoms with Crippen LogP contribution in [0.1, 0.15) is 5.69 Å². The normalized spacial score (nSPS) is 10.3. The van der Waals surface area contributed by atoms with Gasteiger partial charge in [0.1, 0.15) is 12.3 Å². The Labute approximate surface area is 111 Å². The third-order valence-corrected chi connectivity index (χ3v) is 2.67. The summed E-state index contributed by atoms with van der Waals surface area (Å²) in [5.41, 5.74) is 1.90. The largest absolute Gasteiger partial charge is 0.471 e. The zero-order chi connectivity index (χ0) is 12.9. The van der Waals surface area contributed by atoms with Gasteiger partial charge in [-0.2, -0.15) is 5.10 Å². The SMILES string of the molecule is c1ccc(-n2ccc(COc3ccccn3)n2)cc1. The molecule has 0 amide bonds.